The highest BCUT2D eigenvalue weighted by Crippen LogP contribution is 2.05. The van der Waals surface area contributed by atoms with Crippen molar-refractivity contribution in [2.45, 2.75) is 45.4 Å². The summed E-state index contributed by atoms with van der Waals surface area (Å²) in [5, 5.41) is 0. The number of hydrogen-bond acceptors (Lipinski definition) is 2. The summed E-state index contributed by atoms with van der Waals surface area (Å²) in [5.74, 6) is 0.0565. The predicted molar refractivity (Wildman–Crippen MR) is 59.4 cm³/mol. The second-order valence-corrected chi connectivity index (χ2v) is 3.50. The Bertz CT molecular complexity index is 162. The van der Waals surface area contributed by atoms with Crippen LogP contribution in [0.3, 0.4) is 0 Å². The second-order valence-electron chi connectivity index (χ2n) is 3.50. The summed E-state index contributed by atoms with van der Waals surface area (Å²) in [7, 11) is 1.54. The van der Waals surface area contributed by atoms with Crippen LogP contribution >= 0.6 is 0 Å². The monoisotopic (exact) mass is 198 g/mol. The molecular formula is C12H22O2. The van der Waals surface area contributed by atoms with Crippen LogP contribution in [-0.2, 0) is 9.53 Å². The van der Waals surface area contributed by atoms with E-state index in [1.54, 1.807) is 6.08 Å². The SMILES string of the molecule is CCCCCCC/C=C/C(=O)COC. The van der Waals surface area contributed by atoms with E-state index in [-0.39, 0.29) is 12.4 Å². The number of ether oxygens (including phenoxy) is 1. The fourth-order valence-electron chi connectivity index (χ4n) is 1.27. The first-order chi connectivity index (χ1) is 6.81. The number of rotatable bonds is 9. The van der Waals surface area contributed by atoms with E-state index in [1.807, 2.05) is 6.08 Å². The molecule has 2 nitrogen and oxygen atoms in total. The summed E-state index contributed by atoms with van der Waals surface area (Å²) in [6, 6.07) is 0. The van der Waals surface area contributed by atoms with Crippen LogP contribution in [0.15, 0.2) is 12.2 Å². The first-order valence-corrected chi connectivity index (χ1v) is 5.49. The third-order valence-corrected chi connectivity index (χ3v) is 2.06. The molecule has 0 amide bonds. The summed E-state index contributed by atoms with van der Waals surface area (Å²) < 4.78 is 4.71. The number of carbonyl (C=O) groups excluding carboxylic acids is 1. The van der Waals surface area contributed by atoms with Crippen LogP contribution in [0.4, 0.5) is 0 Å². The summed E-state index contributed by atoms with van der Waals surface area (Å²) >= 11 is 0. The molecular weight excluding hydrogens is 176 g/mol. The van der Waals surface area contributed by atoms with Crippen molar-refractivity contribution in [2.75, 3.05) is 13.7 Å². The lowest BCUT2D eigenvalue weighted by molar-refractivity contribution is -0.118. The van der Waals surface area contributed by atoms with E-state index in [0.29, 0.717) is 0 Å². The molecule has 14 heavy (non-hydrogen) atoms. The Hall–Kier alpha value is -0.630. The largest absolute Gasteiger partial charge is 0.377 e. The molecule has 0 aliphatic carbocycles. The average Bonchev–Trinajstić information content (AvgIpc) is 2.17. The minimum absolute atomic E-state index is 0.0565. The number of methoxy groups -OCH3 is 1. The molecule has 0 aromatic rings. The van der Waals surface area contributed by atoms with Crippen molar-refractivity contribution in [3.8, 4) is 0 Å². The van der Waals surface area contributed by atoms with Crippen molar-refractivity contribution >= 4 is 5.78 Å². The van der Waals surface area contributed by atoms with Gasteiger partial charge in [-0.05, 0) is 18.9 Å². The third-order valence-electron chi connectivity index (χ3n) is 2.06. The minimum Gasteiger partial charge on any atom is -0.377 e. The first-order valence-electron chi connectivity index (χ1n) is 5.49. The van der Waals surface area contributed by atoms with Gasteiger partial charge in [-0.3, -0.25) is 4.79 Å². The summed E-state index contributed by atoms with van der Waals surface area (Å²) in [4.78, 5) is 11.0. The maximum atomic E-state index is 11.0. The Labute approximate surface area is 87.3 Å². The smallest absolute Gasteiger partial charge is 0.180 e. The van der Waals surface area contributed by atoms with Gasteiger partial charge < -0.3 is 4.74 Å². The average molecular weight is 198 g/mol. The number of ketones is 1. The van der Waals surface area contributed by atoms with E-state index < -0.39 is 0 Å². The lowest BCUT2D eigenvalue weighted by Crippen LogP contribution is -2.01. The van der Waals surface area contributed by atoms with Gasteiger partial charge in [0.1, 0.15) is 6.61 Å². The molecule has 82 valence electrons. The van der Waals surface area contributed by atoms with Crippen LogP contribution in [0.1, 0.15) is 45.4 Å². The summed E-state index contributed by atoms with van der Waals surface area (Å²) in [6.07, 6.45) is 11.0. The Balaban J connectivity index is 3.22. The van der Waals surface area contributed by atoms with Gasteiger partial charge in [0.15, 0.2) is 5.78 Å². The van der Waals surface area contributed by atoms with Crippen molar-refractivity contribution in [2.24, 2.45) is 0 Å². The van der Waals surface area contributed by atoms with Crippen LogP contribution in [-0.4, -0.2) is 19.5 Å². The predicted octanol–water partition coefficient (Wildman–Crippen LogP) is 3.12. The molecule has 0 bridgehead atoms. The molecule has 0 aromatic heterocycles. The Morgan fingerprint density at radius 1 is 1.21 bits per heavy atom. The van der Waals surface area contributed by atoms with Crippen molar-refractivity contribution in [1.29, 1.82) is 0 Å². The Kier molecular flexibility index (Phi) is 9.98. The number of hydrogen-bond donors (Lipinski definition) is 0. The maximum Gasteiger partial charge on any atom is 0.180 e. The molecule has 0 saturated carbocycles. The van der Waals surface area contributed by atoms with Gasteiger partial charge in [-0.25, -0.2) is 0 Å². The van der Waals surface area contributed by atoms with Gasteiger partial charge in [-0.2, -0.15) is 0 Å². The van der Waals surface area contributed by atoms with Gasteiger partial charge in [0.25, 0.3) is 0 Å². The highest BCUT2D eigenvalue weighted by molar-refractivity contribution is 5.90. The zero-order valence-electron chi connectivity index (χ0n) is 9.42. The normalized spacial score (nSPS) is 11.0. The van der Waals surface area contributed by atoms with Crippen molar-refractivity contribution < 1.29 is 9.53 Å². The molecule has 0 spiro atoms. The quantitative estimate of drug-likeness (QED) is 0.420. The van der Waals surface area contributed by atoms with E-state index in [0.717, 1.165) is 6.42 Å². The zero-order chi connectivity index (χ0) is 10.6. The fourth-order valence-corrected chi connectivity index (χ4v) is 1.27. The number of unbranched alkanes of at least 4 members (excludes halogenated alkanes) is 5. The van der Waals surface area contributed by atoms with E-state index in [2.05, 4.69) is 6.92 Å². The minimum atomic E-state index is 0.0565. The van der Waals surface area contributed by atoms with Gasteiger partial charge in [0.05, 0.1) is 0 Å². The first kappa shape index (κ1) is 13.4. The lowest BCUT2D eigenvalue weighted by Gasteiger charge is -1.96. The van der Waals surface area contributed by atoms with E-state index >= 15 is 0 Å². The van der Waals surface area contributed by atoms with Crippen LogP contribution in [0.2, 0.25) is 0 Å². The number of carbonyl (C=O) groups is 1. The van der Waals surface area contributed by atoms with Gasteiger partial charge in [0.2, 0.25) is 0 Å². The molecule has 0 N–H and O–H groups in total. The summed E-state index contributed by atoms with van der Waals surface area (Å²) in [5.41, 5.74) is 0. The van der Waals surface area contributed by atoms with E-state index in [1.165, 1.54) is 39.2 Å². The van der Waals surface area contributed by atoms with Crippen molar-refractivity contribution in [3.63, 3.8) is 0 Å². The summed E-state index contributed by atoms with van der Waals surface area (Å²) in [6.45, 7) is 2.41. The maximum absolute atomic E-state index is 11.0. The van der Waals surface area contributed by atoms with Gasteiger partial charge in [-0.1, -0.05) is 38.7 Å². The topological polar surface area (TPSA) is 26.3 Å². The van der Waals surface area contributed by atoms with Crippen LogP contribution < -0.4 is 0 Å². The van der Waals surface area contributed by atoms with Gasteiger partial charge >= 0.3 is 0 Å². The second kappa shape index (κ2) is 10.5. The van der Waals surface area contributed by atoms with E-state index in [4.69, 9.17) is 4.74 Å². The molecule has 0 rings (SSSR count). The Morgan fingerprint density at radius 3 is 2.57 bits per heavy atom. The molecule has 0 unspecified atom stereocenters. The highest BCUT2D eigenvalue weighted by atomic mass is 16.5. The number of allylic oxidation sites excluding steroid dienone is 1. The van der Waals surface area contributed by atoms with Crippen molar-refractivity contribution in [3.05, 3.63) is 12.2 Å². The fraction of sp³-hybridized carbons (Fsp3) is 0.750. The molecule has 0 heterocycles. The Morgan fingerprint density at radius 2 is 1.93 bits per heavy atom. The molecule has 0 atom stereocenters. The van der Waals surface area contributed by atoms with Crippen LogP contribution in [0, 0.1) is 0 Å². The molecule has 2 heteroatoms. The molecule has 0 radical (unpaired) electrons. The molecule has 0 aromatic carbocycles. The van der Waals surface area contributed by atoms with Crippen molar-refractivity contribution in [1.82, 2.24) is 0 Å². The molecule has 0 aliphatic heterocycles. The molecule has 0 aliphatic rings. The highest BCUT2D eigenvalue weighted by Gasteiger charge is 1.92. The standard InChI is InChI=1S/C12H22O2/c1-3-4-5-6-7-8-9-10-12(13)11-14-2/h9-10H,3-8,11H2,1-2H3/b10-9+. The lowest BCUT2D eigenvalue weighted by atomic mass is 10.1. The van der Waals surface area contributed by atoms with Crippen LogP contribution in [0.5, 0.6) is 0 Å². The molecule has 0 fully saturated rings. The van der Waals surface area contributed by atoms with E-state index in [9.17, 15) is 4.79 Å². The zero-order valence-corrected chi connectivity index (χ0v) is 9.42. The van der Waals surface area contributed by atoms with Gasteiger partial charge in [0, 0.05) is 7.11 Å². The third kappa shape index (κ3) is 9.46. The van der Waals surface area contributed by atoms with Gasteiger partial charge in [-0.15, -0.1) is 0 Å². The molecule has 0 saturated heterocycles. The van der Waals surface area contributed by atoms with Crippen LogP contribution in [0.25, 0.3) is 0 Å².